The van der Waals surface area contributed by atoms with Crippen LogP contribution in [0.3, 0.4) is 0 Å². The number of benzene rings is 1. The van der Waals surface area contributed by atoms with Crippen LogP contribution in [0.25, 0.3) is 10.9 Å². The van der Waals surface area contributed by atoms with Crippen molar-refractivity contribution in [3.8, 4) is 0 Å². The van der Waals surface area contributed by atoms with Gasteiger partial charge in [0.25, 0.3) is 0 Å². The molecule has 8 heteroatoms. The maximum atomic E-state index is 12.8. The number of nitrogens with zero attached hydrogens (tertiary/aromatic N) is 6. The number of carbonyl (C=O) groups is 1. The van der Waals surface area contributed by atoms with Crippen LogP contribution in [-0.2, 0) is 18.3 Å². The minimum Gasteiger partial charge on any atom is -0.440 e. The summed E-state index contributed by atoms with van der Waals surface area (Å²) in [5.74, 6) is 1.74. The fourth-order valence-corrected chi connectivity index (χ4v) is 5.85. The summed E-state index contributed by atoms with van der Waals surface area (Å²) in [4.78, 5) is 28.3. The zero-order valence-electron chi connectivity index (χ0n) is 19.3. The first kappa shape index (κ1) is 20.5. The lowest BCUT2D eigenvalue weighted by molar-refractivity contribution is -0.00657. The number of hydrogen-bond donors (Lipinski definition) is 0. The third kappa shape index (κ3) is 3.44. The topological polar surface area (TPSA) is 66.7 Å². The molecule has 1 atom stereocenters. The fourth-order valence-electron chi connectivity index (χ4n) is 5.85. The van der Waals surface area contributed by atoms with E-state index in [4.69, 9.17) is 4.74 Å². The highest BCUT2D eigenvalue weighted by molar-refractivity contribution is 5.81. The number of aryl methyl sites for hydroxylation is 2. The van der Waals surface area contributed by atoms with E-state index in [0.29, 0.717) is 0 Å². The van der Waals surface area contributed by atoms with Crippen molar-refractivity contribution in [2.24, 2.45) is 7.05 Å². The largest absolute Gasteiger partial charge is 0.440 e. The summed E-state index contributed by atoms with van der Waals surface area (Å²) < 4.78 is 8.40. The third-order valence-electron chi connectivity index (χ3n) is 7.73. The van der Waals surface area contributed by atoms with E-state index in [1.54, 1.807) is 0 Å². The molecule has 1 unspecified atom stereocenters. The number of aromatic nitrogens is 3. The van der Waals surface area contributed by atoms with E-state index in [2.05, 4.69) is 61.7 Å². The molecule has 0 radical (unpaired) electrons. The van der Waals surface area contributed by atoms with Gasteiger partial charge in [-0.3, -0.25) is 9.80 Å². The number of hydrogen-bond acceptors (Lipinski definition) is 6. The zero-order chi connectivity index (χ0) is 22.6. The van der Waals surface area contributed by atoms with Gasteiger partial charge in [-0.25, -0.2) is 14.8 Å². The van der Waals surface area contributed by atoms with Gasteiger partial charge in [-0.15, -0.1) is 0 Å². The van der Waals surface area contributed by atoms with Gasteiger partial charge >= 0.3 is 6.09 Å². The lowest BCUT2D eigenvalue weighted by Crippen LogP contribution is -2.60. The molecule has 3 aliphatic heterocycles. The lowest BCUT2D eigenvalue weighted by Gasteiger charge is -2.45. The van der Waals surface area contributed by atoms with Crippen LogP contribution in [0.1, 0.15) is 24.4 Å². The molecular weight excluding hydrogens is 416 g/mol. The van der Waals surface area contributed by atoms with E-state index in [1.807, 2.05) is 24.1 Å². The van der Waals surface area contributed by atoms with Gasteiger partial charge in [0.15, 0.2) is 0 Å². The summed E-state index contributed by atoms with van der Waals surface area (Å²) in [7, 11) is 2.14. The summed E-state index contributed by atoms with van der Waals surface area (Å²) in [5, 5.41) is 1.27. The standard InChI is InChI=1S/C25H30N6O2/c1-18-26-10-7-23(27-18)30-11-8-25(9-12-30)22-17-29(13-14-31(22)24(32)33-25)16-20-15-19-5-3-4-6-21(19)28(20)2/h3-7,10,15,22H,8-9,11-14,16-17H2,1-2H3. The molecule has 6 rings (SSSR count). The molecule has 3 fully saturated rings. The Morgan fingerprint density at radius 2 is 1.94 bits per heavy atom. The van der Waals surface area contributed by atoms with Gasteiger partial charge in [0, 0.05) is 76.6 Å². The van der Waals surface area contributed by atoms with Crippen LogP contribution in [0.4, 0.5) is 10.6 Å². The van der Waals surface area contributed by atoms with Crippen LogP contribution < -0.4 is 4.90 Å². The number of rotatable bonds is 3. The number of ether oxygens (including phenoxy) is 1. The van der Waals surface area contributed by atoms with Crippen LogP contribution in [0.15, 0.2) is 42.6 Å². The van der Waals surface area contributed by atoms with E-state index >= 15 is 0 Å². The number of amides is 1. The van der Waals surface area contributed by atoms with Crippen molar-refractivity contribution < 1.29 is 9.53 Å². The Bertz CT molecular complexity index is 1200. The van der Waals surface area contributed by atoms with E-state index in [0.717, 1.165) is 63.8 Å². The summed E-state index contributed by atoms with van der Waals surface area (Å²) in [6.45, 7) is 6.90. The van der Waals surface area contributed by atoms with Crippen LogP contribution in [0.2, 0.25) is 0 Å². The molecule has 8 nitrogen and oxygen atoms in total. The molecule has 3 aliphatic rings. The predicted molar refractivity (Wildman–Crippen MR) is 126 cm³/mol. The number of carbonyl (C=O) groups excluding carboxylic acids is 1. The van der Waals surface area contributed by atoms with E-state index in [9.17, 15) is 4.79 Å². The first-order chi connectivity index (χ1) is 16.0. The van der Waals surface area contributed by atoms with Crippen LogP contribution in [0.5, 0.6) is 0 Å². The average molecular weight is 447 g/mol. The van der Waals surface area contributed by atoms with E-state index in [1.165, 1.54) is 16.6 Å². The van der Waals surface area contributed by atoms with Gasteiger partial charge in [0.2, 0.25) is 0 Å². The van der Waals surface area contributed by atoms with Gasteiger partial charge in [-0.05, 0) is 30.5 Å². The Kier molecular flexibility index (Phi) is 4.79. The Morgan fingerprint density at radius 1 is 1.12 bits per heavy atom. The zero-order valence-corrected chi connectivity index (χ0v) is 19.3. The molecule has 0 N–H and O–H groups in total. The average Bonchev–Trinajstić information content (AvgIpc) is 3.28. The highest BCUT2D eigenvalue weighted by Crippen LogP contribution is 2.41. The summed E-state index contributed by atoms with van der Waals surface area (Å²) in [6.07, 6.45) is 3.32. The maximum absolute atomic E-state index is 12.8. The smallest absolute Gasteiger partial charge is 0.410 e. The van der Waals surface area contributed by atoms with E-state index < -0.39 is 5.60 Å². The first-order valence-corrected chi connectivity index (χ1v) is 11.8. The Balaban J connectivity index is 1.19. The van der Waals surface area contributed by atoms with Crippen molar-refractivity contribution in [2.75, 3.05) is 37.6 Å². The molecule has 0 aliphatic carbocycles. The van der Waals surface area contributed by atoms with Crippen molar-refractivity contribution in [3.05, 3.63) is 54.1 Å². The molecule has 33 heavy (non-hydrogen) atoms. The number of piperazine rings is 1. The molecule has 1 spiro atoms. The Morgan fingerprint density at radius 3 is 2.73 bits per heavy atom. The molecule has 0 saturated carbocycles. The van der Waals surface area contributed by atoms with Crippen molar-refractivity contribution in [1.82, 2.24) is 24.3 Å². The summed E-state index contributed by atoms with van der Waals surface area (Å²) in [6, 6.07) is 12.9. The van der Waals surface area contributed by atoms with Gasteiger partial charge in [0.05, 0.1) is 6.04 Å². The van der Waals surface area contributed by atoms with Crippen LogP contribution in [0, 0.1) is 6.92 Å². The monoisotopic (exact) mass is 446 g/mol. The number of para-hydroxylation sites is 1. The normalized spacial score (nSPS) is 22.7. The third-order valence-corrected chi connectivity index (χ3v) is 7.73. The molecule has 1 aromatic carbocycles. The van der Waals surface area contributed by atoms with Crippen LogP contribution >= 0.6 is 0 Å². The summed E-state index contributed by atoms with van der Waals surface area (Å²) in [5.41, 5.74) is 2.15. The van der Waals surface area contributed by atoms with Gasteiger partial charge in [-0.2, -0.15) is 0 Å². The Hall–Kier alpha value is -3.13. The number of anilines is 1. The molecule has 2 aromatic heterocycles. The lowest BCUT2D eigenvalue weighted by atomic mass is 9.83. The van der Waals surface area contributed by atoms with Crippen molar-refractivity contribution in [3.63, 3.8) is 0 Å². The SMILES string of the molecule is Cc1nccc(N2CCC3(CC2)OC(=O)N2CCN(Cc4cc5ccccc5n4C)CC23)n1. The first-order valence-electron chi connectivity index (χ1n) is 11.8. The Labute approximate surface area is 193 Å². The van der Waals surface area contributed by atoms with Gasteiger partial charge < -0.3 is 14.2 Å². The minimum absolute atomic E-state index is 0.0997. The van der Waals surface area contributed by atoms with Crippen molar-refractivity contribution in [2.45, 2.75) is 38.0 Å². The second-order valence-electron chi connectivity index (χ2n) is 9.58. The molecule has 172 valence electrons. The fraction of sp³-hybridized carbons (Fsp3) is 0.480. The van der Waals surface area contributed by atoms with Crippen molar-refractivity contribution >= 4 is 22.8 Å². The molecule has 1 amide bonds. The van der Waals surface area contributed by atoms with Crippen molar-refractivity contribution in [1.29, 1.82) is 0 Å². The number of fused-ring (bicyclic) bond motifs is 3. The molecule has 3 saturated heterocycles. The highest BCUT2D eigenvalue weighted by atomic mass is 16.6. The second-order valence-corrected chi connectivity index (χ2v) is 9.58. The van der Waals surface area contributed by atoms with Gasteiger partial charge in [0.1, 0.15) is 17.2 Å². The van der Waals surface area contributed by atoms with Gasteiger partial charge in [-0.1, -0.05) is 18.2 Å². The maximum Gasteiger partial charge on any atom is 0.410 e. The highest BCUT2D eigenvalue weighted by Gasteiger charge is 2.56. The summed E-state index contributed by atoms with van der Waals surface area (Å²) >= 11 is 0. The molecule has 3 aromatic rings. The molecular formula is C25H30N6O2. The van der Waals surface area contributed by atoms with Crippen LogP contribution in [-0.4, -0.2) is 74.8 Å². The molecule has 0 bridgehead atoms. The predicted octanol–water partition coefficient (Wildman–Crippen LogP) is 2.95. The quantitative estimate of drug-likeness (QED) is 0.616. The minimum atomic E-state index is -0.409. The number of piperidine rings is 1. The molecule has 5 heterocycles. The van der Waals surface area contributed by atoms with E-state index in [-0.39, 0.29) is 12.1 Å². The second kappa shape index (κ2) is 7.73.